The van der Waals surface area contributed by atoms with Gasteiger partial charge < -0.3 is 9.90 Å². The molecule has 0 unspecified atom stereocenters. The number of carboxylic acids is 1. The molecule has 2 rings (SSSR count). The SMILES string of the molecule is O=C([O-])c1ccc2ccccc2n1.[Rb+]. The van der Waals surface area contributed by atoms with Crippen LogP contribution in [-0.4, -0.2) is 11.0 Å². The molecule has 1 aromatic heterocycles. The summed E-state index contributed by atoms with van der Waals surface area (Å²) in [6.45, 7) is 0. The van der Waals surface area contributed by atoms with Crippen LogP contribution in [0.15, 0.2) is 36.4 Å². The third kappa shape index (κ3) is 2.48. The van der Waals surface area contributed by atoms with E-state index in [0.29, 0.717) is 5.52 Å². The molecule has 0 aliphatic carbocycles. The summed E-state index contributed by atoms with van der Waals surface area (Å²) in [4.78, 5) is 14.4. The second kappa shape index (κ2) is 5.12. The van der Waals surface area contributed by atoms with Gasteiger partial charge in [-0.05, 0) is 12.1 Å². The van der Waals surface area contributed by atoms with Crippen molar-refractivity contribution in [2.24, 2.45) is 0 Å². The number of rotatable bonds is 1. The van der Waals surface area contributed by atoms with Gasteiger partial charge in [0.05, 0.1) is 17.2 Å². The number of carbonyl (C=O) groups excluding carboxylic acids is 1. The Hall–Kier alpha value is -0.0948. The molecule has 0 saturated carbocycles. The van der Waals surface area contributed by atoms with Gasteiger partial charge in [0.15, 0.2) is 0 Å². The molecule has 14 heavy (non-hydrogen) atoms. The van der Waals surface area contributed by atoms with Gasteiger partial charge in [-0.25, -0.2) is 4.98 Å². The molecular formula is C10H6NO2Rb. The summed E-state index contributed by atoms with van der Waals surface area (Å²) in [7, 11) is 0. The Bertz CT molecular complexity index is 470. The van der Waals surface area contributed by atoms with Crippen LogP contribution in [0.5, 0.6) is 0 Å². The van der Waals surface area contributed by atoms with Crippen molar-refractivity contribution in [1.82, 2.24) is 4.98 Å². The average molecular weight is 258 g/mol. The fourth-order valence-corrected chi connectivity index (χ4v) is 1.18. The summed E-state index contributed by atoms with van der Waals surface area (Å²) in [5, 5.41) is 11.4. The van der Waals surface area contributed by atoms with Crippen molar-refractivity contribution in [2.75, 3.05) is 0 Å². The Morgan fingerprint density at radius 3 is 2.57 bits per heavy atom. The molecule has 1 aromatic carbocycles. The van der Waals surface area contributed by atoms with E-state index in [1.165, 1.54) is 6.07 Å². The van der Waals surface area contributed by atoms with Crippen molar-refractivity contribution in [3.8, 4) is 0 Å². The van der Waals surface area contributed by atoms with Crippen LogP contribution in [0.25, 0.3) is 10.9 Å². The second-order valence-corrected chi connectivity index (χ2v) is 2.68. The number of nitrogens with zero attached hydrogens (tertiary/aromatic N) is 1. The second-order valence-electron chi connectivity index (χ2n) is 2.68. The zero-order chi connectivity index (χ0) is 9.26. The molecule has 0 saturated heterocycles. The zero-order valence-electron chi connectivity index (χ0n) is 7.73. The minimum atomic E-state index is -1.24. The predicted octanol–water partition coefficient (Wildman–Crippen LogP) is -2.40. The third-order valence-electron chi connectivity index (χ3n) is 1.81. The number of carboxylic acid groups (broad SMARTS) is 1. The number of pyridine rings is 1. The van der Waals surface area contributed by atoms with Gasteiger partial charge in [0.25, 0.3) is 0 Å². The van der Waals surface area contributed by atoms with Gasteiger partial charge in [0, 0.05) is 5.39 Å². The monoisotopic (exact) mass is 257 g/mol. The normalized spacial score (nSPS) is 9.43. The molecule has 0 amide bonds. The van der Waals surface area contributed by atoms with E-state index in [2.05, 4.69) is 4.98 Å². The van der Waals surface area contributed by atoms with Crippen LogP contribution in [0.1, 0.15) is 10.5 Å². The molecule has 0 aliphatic heterocycles. The molecule has 0 spiro atoms. The maximum Gasteiger partial charge on any atom is 1.00 e. The zero-order valence-corrected chi connectivity index (χ0v) is 12.6. The van der Waals surface area contributed by atoms with Crippen molar-refractivity contribution in [3.05, 3.63) is 42.1 Å². The first-order valence-corrected chi connectivity index (χ1v) is 3.84. The summed E-state index contributed by atoms with van der Waals surface area (Å²) < 4.78 is 0. The minimum Gasteiger partial charge on any atom is -0.543 e. The van der Waals surface area contributed by atoms with Crippen molar-refractivity contribution >= 4 is 16.9 Å². The van der Waals surface area contributed by atoms with E-state index >= 15 is 0 Å². The van der Waals surface area contributed by atoms with E-state index in [9.17, 15) is 9.90 Å². The molecule has 3 nitrogen and oxygen atoms in total. The van der Waals surface area contributed by atoms with Crippen LogP contribution in [0.4, 0.5) is 0 Å². The molecule has 0 aliphatic rings. The van der Waals surface area contributed by atoms with Crippen LogP contribution in [0, 0.1) is 0 Å². The Kier molecular flexibility index (Phi) is 4.38. The maximum absolute atomic E-state index is 10.5. The molecule has 0 radical (unpaired) electrons. The van der Waals surface area contributed by atoms with Gasteiger partial charge in [0.2, 0.25) is 0 Å². The van der Waals surface area contributed by atoms with E-state index in [4.69, 9.17) is 0 Å². The van der Waals surface area contributed by atoms with Crippen LogP contribution < -0.4 is 63.3 Å². The number of carbonyl (C=O) groups is 1. The van der Waals surface area contributed by atoms with E-state index in [1.54, 1.807) is 12.1 Å². The van der Waals surface area contributed by atoms with Crippen molar-refractivity contribution in [3.63, 3.8) is 0 Å². The van der Waals surface area contributed by atoms with Crippen molar-refractivity contribution < 1.29 is 68.1 Å². The summed E-state index contributed by atoms with van der Waals surface area (Å²) in [5.41, 5.74) is 0.642. The fourth-order valence-electron chi connectivity index (χ4n) is 1.18. The summed E-state index contributed by atoms with van der Waals surface area (Å²) in [6.07, 6.45) is 0. The molecule has 0 N–H and O–H groups in total. The molecule has 64 valence electrons. The number of hydrogen-bond donors (Lipinski definition) is 0. The standard InChI is InChI=1S/C10H7NO2.Rb/c12-10(13)9-6-5-7-3-1-2-4-8(7)11-9;/h1-6H,(H,12,13);/q;+1/p-1. The molecular weight excluding hydrogens is 252 g/mol. The number of fused-ring (bicyclic) bond motifs is 1. The Morgan fingerprint density at radius 1 is 1.14 bits per heavy atom. The topological polar surface area (TPSA) is 53.0 Å². The molecule has 1 heterocycles. The number of benzene rings is 1. The number of aromatic carboxylic acids is 1. The van der Waals surface area contributed by atoms with Gasteiger partial charge >= 0.3 is 58.2 Å². The van der Waals surface area contributed by atoms with E-state index < -0.39 is 5.97 Å². The van der Waals surface area contributed by atoms with Gasteiger partial charge in [0.1, 0.15) is 0 Å². The van der Waals surface area contributed by atoms with Crippen LogP contribution in [-0.2, 0) is 0 Å². The molecule has 0 bridgehead atoms. The average Bonchev–Trinajstić information content (AvgIpc) is 2.17. The molecule has 4 heteroatoms. The van der Waals surface area contributed by atoms with Gasteiger partial charge in [-0.2, -0.15) is 0 Å². The Labute approximate surface area is 130 Å². The van der Waals surface area contributed by atoms with E-state index in [1.807, 2.05) is 18.2 Å². The summed E-state index contributed by atoms with van der Waals surface area (Å²) in [6, 6.07) is 10.5. The predicted molar refractivity (Wildman–Crippen MR) is 46.1 cm³/mol. The minimum absolute atomic E-state index is 0. The van der Waals surface area contributed by atoms with Gasteiger partial charge in [-0.1, -0.05) is 24.3 Å². The first-order valence-electron chi connectivity index (χ1n) is 3.84. The number of aromatic nitrogens is 1. The Morgan fingerprint density at radius 2 is 1.86 bits per heavy atom. The maximum atomic E-state index is 10.5. The van der Waals surface area contributed by atoms with Crippen LogP contribution in [0.2, 0.25) is 0 Å². The first kappa shape index (κ1) is 12.0. The largest absolute Gasteiger partial charge is 1.00 e. The van der Waals surface area contributed by atoms with Gasteiger partial charge in [-0.3, -0.25) is 0 Å². The van der Waals surface area contributed by atoms with Crippen molar-refractivity contribution in [2.45, 2.75) is 0 Å². The Balaban J connectivity index is 0.000000980. The third-order valence-corrected chi connectivity index (χ3v) is 1.81. The summed E-state index contributed by atoms with van der Waals surface area (Å²) >= 11 is 0. The van der Waals surface area contributed by atoms with Gasteiger partial charge in [-0.15, -0.1) is 0 Å². The van der Waals surface area contributed by atoms with Crippen LogP contribution in [0.3, 0.4) is 0 Å². The van der Waals surface area contributed by atoms with E-state index in [-0.39, 0.29) is 63.9 Å². The molecule has 0 atom stereocenters. The number of hydrogen-bond acceptors (Lipinski definition) is 3. The van der Waals surface area contributed by atoms with Crippen LogP contribution >= 0.6 is 0 Å². The molecule has 2 aromatic rings. The first-order chi connectivity index (χ1) is 6.27. The number of para-hydroxylation sites is 1. The van der Waals surface area contributed by atoms with Crippen molar-refractivity contribution in [1.29, 1.82) is 0 Å². The smallest absolute Gasteiger partial charge is 0.543 e. The van der Waals surface area contributed by atoms with E-state index in [0.717, 1.165) is 5.39 Å². The fraction of sp³-hybridized carbons (Fsp3) is 0. The summed E-state index contributed by atoms with van der Waals surface area (Å²) in [5.74, 6) is -1.24. The quantitative estimate of drug-likeness (QED) is 0.573. The molecule has 0 fully saturated rings.